The lowest BCUT2D eigenvalue weighted by Crippen LogP contribution is -1.96. The van der Waals surface area contributed by atoms with Gasteiger partial charge >= 0.3 is 0 Å². The molecule has 0 bridgehead atoms. The van der Waals surface area contributed by atoms with E-state index in [-0.39, 0.29) is 5.69 Å². The Hall–Kier alpha value is -3.28. The van der Waals surface area contributed by atoms with Crippen molar-refractivity contribution in [3.8, 4) is 5.75 Å². The molecule has 3 rings (SSSR count). The molecule has 0 aliphatic carbocycles. The van der Waals surface area contributed by atoms with Gasteiger partial charge in [0.05, 0.1) is 22.9 Å². The number of benzene rings is 3. The predicted molar refractivity (Wildman–Crippen MR) is 102 cm³/mol. The van der Waals surface area contributed by atoms with Gasteiger partial charge in [0.25, 0.3) is 5.69 Å². The van der Waals surface area contributed by atoms with Gasteiger partial charge in [-0.25, -0.2) is 0 Å². The van der Waals surface area contributed by atoms with Crippen LogP contribution in [0.4, 0.5) is 17.1 Å². The first kappa shape index (κ1) is 17.5. The summed E-state index contributed by atoms with van der Waals surface area (Å²) in [5.74, 6) is 0.836. The summed E-state index contributed by atoms with van der Waals surface area (Å²) in [7, 11) is 0. The van der Waals surface area contributed by atoms with Crippen LogP contribution in [-0.4, -0.2) is 11.5 Å². The summed E-state index contributed by atoms with van der Waals surface area (Å²) in [5, 5.41) is 21.2. The summed E-state index contributed by atoms with van der Waals surface area (Å²) < 4.78 is 5.88. The minimum absolute atomic E-state index is 0.0305. The second-order valence-corrected chi connectivity index (χ2v) is 5.80. The highest BCUT2D eigenvalue weighted by molar-refractivity contribution is 5.96. The zero-order valence-electron chi connectivity index (χ0n) is 14.5. The Kier molecular flexibility index (Phi) is 5.53. The van der Waals surface area contributed by atoms with Gasteiger partial charge in [0.2, 0.25) is 0 Å². The molecule has 6 heteroatoms. The average molecular weight is 349 g/mol. The topological polar surface area (TPSA) is 77.1 Å². The van der Waals surface area contributed by atoms with Crippen molar-refractivity contribution in [3.05, 3.63) is 70.8 Å². The lowest BCUT2D eigenvalue weighted by Gasteiger charge is -2.10. The fourth-order valence-corrected chi connectivity index (χ4v) is 2.55. The van der Waals surface area contributed by atoms with Crippen LogP contribution in [0, 0.1) is 10.1 Å². The average Bonchev–Trinajstić information content (AvgIpc) is 2.67. The SMILES string of the molecule is CCCCOc1ccc(N=Nc2ccc([N+](=O)[O-])cc2)c2ccccc12. The first-order chi connectivity index (χ1) is 12.7. The van der Waals surface area contributed by atoms with Gasteiger partial charge < -0.3 is 4.74 Å². The molecule has 0 N–H and O–H groups in total. The summed E-state index contributed by atoms with van der Waals surface area (Å²) in [6.07, 6.45) is 2.09. The first-order valence-electron chi connectivity index (χ1n) is 8.50. The molecule has 0 aliphatic heterocycles. The minimum atomic E-state index is -0.439. The molecule has 0 heterocycles. The zero-order valence-corrected chi connectivity index (χ0v) is 14.5. The molecular formula is C20H19N3O3. The van der Waals surface area contributed by atoms with E-state index >= 15 is 0 Å². The summed E-state index contributed by atoms with van der Waals surface area (Å²) >= 11 is 0. The maximum absolute atomic E-state index is 10.7. The third-order valence-electron chi connectivity index (χ3n) is 3.95. The van der Waals surface area contributed by atoms with E-state index in [1.165, 1.54) is 12.1 Å². The van der Waals surface area contributed by atoms with Crippen LogP contribution < -0.4 is 4.74 Å². The highest BCUT2D eigenvalue weighted by Crippen LogP contribution is 2.34. The molecule has 0 saturated heterocycles. The molecular weight excluding hydrogens is 330 g/mol. The molecule has 0 unspecified atom stereocenters. The molecule has 0 fully saturated rings. The molecule has 0 saturated carbocycles. The number of hydrogen-bond acceptors (Lipinski definition) is 5. The van der Waals surface area contributed by atoms with Crippen LogP contribution in [0.25, 0.3) is 10.8 Å². The van der Waals surface area contributed by atoms with Crippen molar-refractivity contribution in [2.24, 2.45) is 10.2 Å². The Morgan fingerprint density at radius 2 is 1.69 bits per heavy atom. The highest BCUT2D eigenvalue weighted by Gasteiger charge is 2.07. The van der Waals surface area contributed by atoms with E-state index in [2.05, 4.69) is 17.2 Å². The van der Waals surface area contributed by atoms with Crippen LogP contribution in [-0.2, 0) is 0 Å². The largest absolute Gasteiger partial charge is 0.493 e. The van der Waals surface area contributed by atoms with Crippen molar-refractivity contribution >= 4 is 27.8 Å². The third kappa shape index (κ3) is 4.03. The number of fused-ring (bicyclic) bond motifs is 1. The number of unbranched alkanes of at least 4 members (excludes halogenated alkanes) is 1. The van der Waals surface area contributed by atoms with E-state index in [0.717, 1.165) is 35.1 Å². The van der Waals surface area contributed by atoms with Crippen molar-refractivity contribution in [2.75, 3.05) is 6.61 Å². The first-order valence-corrected chi connectivity index (χ1v) is 8.50. The summed E-state index contributed by atoms with van der Waals surface area (Å²) in [6, 6.07) is 17.6. The van der Waals surface area contributed by atoms with Crippen molar-refractivity contribution in [2.45, 2.75) is 19.8 Å². The number of rotatable bonds is 7. The van der Waals surface area contributed by atoms with Crippen molar-refractivity contribution in [1.29, 1.82) is 0 Å². The van der Waals surface area contributed by atoms with Gasteiger partial charge in [-0.05, 0) is 30.7 Å². The van der Waals surface area contributed by atoms with Crippen LogP contribution in [0.2, 0.25) is 0 Å². The second kappa shape index (κ2) is 8.20. The molecule has 3 aromatic rings. The Labute approximate surface area is 151 Å². The van der Waals surface area contributed by atoms with Crippen LogP contribution in [0.15, 0.2) is 70.9 Å². The molecule has 0 spiro atoms. The second-order valence-electron chi connectivity index (χ2n) is 5.80. The van der Waals surface area contributed by atoms with E-state index in [4.69, 9.17) is 4.74 Å². The number of azo groups is 1. The smallest absolute Gasteiger partial charge is 0.269 e. The molecule has 6 nitrogen and oxygen atoms in total. The van der Waals surface area contributed by atoms with Crippen LogP contribution in [0.5, 0.6) is 5.75 Å². The Balaban J connectivity index is 1.88. The number of nitro groups is 1. The zero-order chi connectivity index (χ0) is 18.4. The van der Waals surface area contributed by atoms with Gasteiger partial charge in [0.15, 0.2) is 0 Å². The van der Waals surface area contributed by atoms with E-state index in [1.807, 2.05) is 36.4 Å². The maximum Gasteiger partial charge on any atom is 0.269 e. The monoisotopic (exact) mass is 349 g/mol. The van der Waals surface area contributed by atoms with Crippen LogP contribution in [0.3, 0.4) is 0 Å². The molecule has 0 atom stereocenters. The van der Waals surface area contributed by atoms with Gasteiger partial charge in [-0.15, -0.1) is 5.11 Å². The standard InChI is InChI=1S/C20H19N3O3/c1-2-3-14-26-20-13-12-19(17-6-4-5-7-18(17)20)22-21-15-8-10-16(11-9-15)23(24)25/h4-13H,2-3,14H2,1H3. The van der Waals surface area contributed by atoms with Crippen molar-refractivity contribution in [1.82, 2.24) is 0 Å². The van der Waals surface area contributed by atoms with Crippen LogP contribution >= 0.6 is 0 Å². The quantitative estimate of drug-likeness (QED) is 0.216. The van der Waals surface area contributed by atoms with E-state index in [0.29, 0.717) is 12.3 Å². The normalized spacial score (nSPS) is 11.1. The lowest BCUT2D eigenvalue weighted by molar-refractivity contribution is -0.384. The lowest BCUT2D eigenvalue weighted by atomic mass is 10.1. The summed E-state index contributed by atoms with van der Waals surface area (Å²) in [4.78, 5) is 10.3. The number of non-ortho nitro benzene ring substituents is 1. The third-order valence-corrected chi connectivity index (χ3v) is 3.95. The fourth-order valence-electron chi connectivity index (χ4n) is 2.55. The Morgan fingerprint density at radius 3 is 2.38 bits per heavy atom. The van der Waals surface area contributed by atoms with Gasteiger partial charge in [0, 0.05) is 22.9 Å². The fraction of sp³-hybridized carbons (Fsp3) is 0.200. The van der Waals surface area contributed by atoms with Crippen LogP contribution in [0.1, 0.15) is 19.8 Å². The summed E-state index contributed by atoms with van der Waals surface area (Å²) in [6.45, 7) is 2.81. The van der Waals surface area contributed by atoms with E-state index in [9.17, 15) is 10.1 Å². The van der Waals surface area contributed by atoms with E-state index < -0.39 is 4.92 Å². The minimum Gasteiger partial charge on any atom is -0.493 e. The number of hydrogen-bond donors (Lipinski definition) is 0. The summed E-state index contributed by atoms with van der Waals surface area (Å²) in [5.41, 5.74) is 1.31. The molecule has 132 valence electrons. The molecule has 0 aromatic heterocycles. The molecule has 0 radical (unpaired) electrons. The van der Waals surface area contributed by atoms with Gasteiger partial charge in [-0.3, -0.25) is 10.1 Å². The molecule has 0 aliphatic rings. The van der Waals surface area contributed by atoms with E-state index in [1.54, 1.807) is 12.1 Å². The predicted octanol–water partition coefficient (Wildman–Crippen LogP) is 6.34. The molecule has 0 amide bonds. The van der Waals surface area contributed by atoms with Gasteiger partial charge in [0.1, 0.15) is 5.75 Å². The van der Waals surface area contributed by atoms with Crippen molar-refractivity contribution < 1.29 is 9.66 Å². The number of ether oxygens (including phenoxy) is 1. The Bertz CT molecular complexity index is 937. The molecule has 26 heavy (non-hydrogen) atoms. The molecule has 3 aromatic carbocycles. The maximum atomic E-state index is 10.7. The number of nitro benzene ring substituents is 1. The van der Waals surface area contributed by atoms with Gasteiger partial charge in [-0.2, -0.15) is 5.11 Å². The van der Waals surface area contributed by atoms with Crippen molar-refractivity contribution in [3.63, 3.8) is 0 Å². The Morgan fingerprint density at radius 1 is 0.962 bits per heavy atom. The highest BCUT2D eigenvalue weighted by atomic mass is 16.6. The van der Waals surface area contributed by atoms with Gasteiger partial charge in [-0.1, -0.05) is 37.6 Å². The number of nitrogens with zero attached hydrogens (tertiary/aromatic N) is 3.